The minimum atomic E-state index is 1.00. The molecule has 294 valence electrons. The van der Waals surface area contributed by atoms with Gasteiger partial charge in [0.15, 0.2) is 0 Å². The number of hydrogen-bond acceptors (Lipinski definition) is 2. The lowest BCUT2D eigenvalue weighted by Crippen LogP contribution is -2.11. The van der Waals surface area contributed by atoms with Crippen LogP contribution in [-0.4, -0.2) is 0 Å². The van der Waals surface area contributed by atoms with E-state index < -0.39 is 0 Å². The van der Waals surface area contributed by atoms with E-state index in [2.05, 4.69) is 279 Å². The molecule has 0 bridgehead atoms. The molecule has 0 saturated heterocycles. The van der Waals surface area contributed by atoms with Gasteiger partial charge in [-0.25, -0.2) is 0 Å². The number of rotatable bonds is 16. The van der Waals surface area contributed by atoms with E-state index in [1.54, 1.807) is 0 Å². The second-order valence-corrected chi connectivity index (χ2v) is 14.4. The summed E-state index contributed by atoms with van der Waals surface area (Å²) in [6.45, 7) is 4.31. The van der Waals surface area contributed by atoms with Gasteiger partial charge in [0.2, 0.25) is 0 Å². The molecule has 0 aromatic heterocycles. The molecule has 0 N–H and O–H groups in total. The van der Waals surface area contributed by atoms with Crippen LogP contribution in [0.4, 0.5) is 34.1 Å². The lowest BCUT2D eigenvalue weighted by molar-refractivity contribution is 1.22. The zero-order valence-corrected chi connectivity index (χ0v) is 34.6. The van der Waals surface area contributed by atoms with Gasteiger partial charge >= 0.3 is 0 Å². The topological polar surface area (TPSA) is 6.48 Å². The fraction of sp³-hybridized carbons (Fsp3) is 0.0690. The SMILES string of the molecule is CC/C=C\C=C/c1cc(N(c2ccccc2)c2ccccc2)ccc1C=Cc1ccc(C=Cc2ccc(N(c3ccccc3)c3ccccc3)c(/C=C\C=C/CC)c2)cc1. The van der Waals surface area contributed by atoms with Gasteiger partial charge in [0.1, 0.15) is 0 Å². The van der Waals surface area contributed by atoms with Gasteiger partial charge in [0.05, 0.1) is 5.69 Å². The molecule has 7 aromatic carbocycles. The first-order valence-electron chi connectivity index (χ1n) is 20.9. The highest BCUT2D eigenvalue weighted by Crippen LogP contribution is 2.38. The van der Waals surface area contributed by atoms with Gasteiger partial charge in [-0.05, 0) is 119 Å². The van der Waals surface area contributed by atoms with Crippen molar-refractivity contribution >= 4 is 70.6 Å². The summed E-state index contributed by atoms with van der Waals surface area (Å²) >= 11 is 0. The van der Waals surface area contributed by atoms with Crippen LogP contribution >= 0.6 is 0 Å². The molecule has 0 spiro atoms. The predicted octanol–water partition coefficient (Wildman–Crippen LogP) is 16.9. The maximum Gasteiger partial charge on any atom is 0.0534 e. The normalized spacial score (nSPS) is 11.9. The van der Waals surface area contributed by atoms with E-state index in [-0.39, 0.29) is 0 Å². The summed E-state index contributed by atoms with van der Waals surface area (Å²) in [7, 11) is 0. The fourth-order valence-electron chi connectivity index (χ4n) is 7.04. The van der Waals surface area contributed by atoms with Crippen molar-refractivity contribution in [3.8, 4) is 0 Å². The van der Waals surface area contributed by atoms with Crippen molar-refractivity contribution in [2.45, 2.75) is 26.7 Å². The molecule has 0 saturated carbocycles. The third-order valence-electron chi connectivity index (χ3n) is 10.1. The van der Waals surface area contributed by atoms with Crippen LogP contribution in [-0.2, 0) is 0 Å². The molecule has 0 heterocycles. The zero-order valence-electron chi connectivity index (χ0n) is 34.6. The van der Waals surface area contributed by atoms with E-state index in [0.717, 1.165) is 80.3 Å². The molecule has 0 aliphatic rings. The minimum Gasteiger partial charge on any atom is -0.310 e. The quantitative estimate of drug-likeness (QED) is 0.0712. The van der Waals surface area contributed by atoms with Crippen molar-refractivity contribution in [3.05, 3.63) is 252 Å². The minimum absolute atomic E-state index is 1.00. The van der Waals surface area contributed by atoms with Crippen LogP contribution in [0.1, 0.15) is 60.1 Å². The zero-order chi connectivity index (χ0) is 41.2. The Balaban J connectivity index is 1.14. The first kappa shape index (κ1) is 40.8. The Bertz CT molecular complexity index is 2500. The van der Waals surface area contributed by atoms with Gasteiger partial charge in [-0.2, -0.15) is 0 Å². The molecule has 0 aliphatic carbocycles. The number of anilines is 6. The summed E-state index contributed by atoms with van der Waals surface area (Å²) in [6.07, 6.45) is 28.1. The summed E-state index contributed by atoms with van der Waals surface area (Å²) < 4.78 is 0. The lowest BCUT2D eigenvalue weighted by Gasteiger charge is -2.27. The Morgan fingerprint density at radius 2 is 0.750 bits per heavy atom. The molecule has 0 aliphatic heterocycles. The molecule has 2 nitrogen and oxygen atoms in total. The molecule has 0 atom stereocenters. The summed E-state index contributed by atoms with van der Waals surface area (Å²) in [5.74, 6) is 0. The van der Waals surface area contributed by atoms with Gasteiger partial charge in [-0.1, -0.05) is 196 Å². The standard InChI is InChI=1S/C58H52N2/c1-3-5-7-13-23-51-46-57(59(53-25-15-9-16-26-53)54-27-17-10-18-28-54)43-42-50(51)41-39-48-35-33-47(34-36-48)37-38-49-40-44-58(52(45-49)24-14-8-6-4-2)60(55-29-19-11-20-30-55)56-31-21-12-22-32-56/h5-46H,3-4H2,1-2H3/b7-5-,8-6-,23-13-,24-14-,38-37?,41-39?. The van der Waals surface area contributed by atoms with Crippen LogP contribution in [0, 0.1) is 0 Å². The number of benzene rings is 7. The first-order chi connectivity index (χ1) is 29.7. The average molecular weight is 777 g/mol. The monoisotopic (exact) mass is 776 g/mol. The second-order valence-electron chi connectivity index (χ2n) is 14.4. The van der Waals surface area contributed by atoms with Crippen LogP contribution in [0.5, 0.6) is 0 Å². The van der Waals surface area contributed by atoms with E-state index in [4.69, 9.17) is 0 Å². The van der Waals surface area contributed by atoms with Crippen molar-refractivity contribution in [3.63, 3.8) is 0 Å². The second kappa shape index (κ2) is 21.4. The van der Waals surface area contributed by atoms with Crippen LogP contribution in [0.2, 0.25) is 0 Å². The first-order valence-corrected chi connectivity index (χ1v) is 20.9. The average Bonchev–Trinajstić information content (AvgIpc) is 3.31. The third-order valence-corrected chi connectivity index (χ3v) is 10.1. The molecule has 7 rings (SSSR count). The van der Waals surface area contributed by atoms with Crippen molar-refractivity contribution in [2.75, 3.05) is 9.80 Å². The fourth-order valence-corrected chi connectivity index (χ4v) is 7.04. The highest BCUT2D eigenvalue weighted by molar-refractivity contribution is 5.85. The third kappa shape index (κ3) is 10.9. The Hall–Kier alpha value is -7.42. The van der Waals surface area contributed by atoms with Gasteiger partial charge in [0.25, 0.3) is 0 Å². The number of para-hydroxylation sites is 4. The maximum atomic E-state index is 2.32. The van der Waals surface area contributed by atoms with Crippen LogP contribution < -0.4 is 9.80 Å². The lowest BCUT2D eigenvalue weighted by atomic mass is 10.0. The molecule has 60 heavy (non-hydrogen) atoms. The number of hydrogen-bond donors (Lipinski definition) is 0. The Morgan fingerprint density at radius 1 is 0.317 bits per heavy atom. The van der Waals surface area contributed by atoms with E-state index in [1.807, 2.05) is 0 Å². The van der Waals surface area contributed by atoms with Crippen LogP contribution in [0.25, 0.3) is 36.5 Å². The van der Waals surface area contributed by atoms with Gasteiger partial charge in [-0.3, -0.25) is 0 Å². The smallest absolute Gasteiger partial charge is 0.0534 e. The molecule has 0 amide bonds. The van der Waals surface area contributed by atoms with E-state index in [1.165, 1.54) is 0 Å². The molecule has 0 unspecified atom stereocenters. The van der Waals surface area contributed by atoms with Gasteiger partial charge in [-0.15, -0.1) is 0 Å². The molecular formula is C58H52N2. The largest absolute Gasteiger partial charge is 0.310 e. The van der Waals surface area contributed by atoms with Gasteiger partial charge in [0, 0.05) is 28.4 Å². The number of nitrogens with zero attached hydrogens (tertiary/aromatic N) is 2. The van der Waals surface area contributed by atoms with E-state index >= 15 is 0 Å². The Labute approximate surface area is 357 Å². The van der Waals surface area contributed by atoms with Crippen molar-refractivity contribution in [2.24, 2.45) is 0 Å². The van der Waals surface area contributed by atoms with Crippen LogP contribution in [0.3, 0.4) is 0 Å². The summed E-state index contributed by atoms with van der Waals surface area (Å²) in [5.41, 5.74) is 13.6. The molecular weight excluding hydrogens is 725 g/mol. The summed E-state index contributed by atoms with van der Waals surface area (Å²) in [5, 5.41) is 0. The number of allylic oxidation sites excluding steroid dienone is 6. The highest BCUT2D eigenvalue weighted by Gasteiger charge is 2.16. The van der Waals surface area contributed by atoms with Crippen LogP contribution in [0.15, 0.2) is 218 Å². The summed E-state index contributed by atoms with van der Waals surface area (Å²) in [4.78, 5) is 4.63. The molecule has 0 radical (unpaired) electrons. The van der Waals surface area contributed by atoms with Crippen molar-refractivity contribution in [1.29, 1.82) is 0 Å². The van der Waals surface area contributed by atoms with Crippen molar-refractivity contribution < 1.29 is 0 Å². The summed E-state index contributed by atoms with van der Waals surface area (Å²) in [6, 6.07) is 64.4. The molecule has 2 heteroatoms. The predicted molar refractivity (Wildman–Crippen MR) is 263 cm³/mol. The molecule has 7 aromatic rings. The Morgan fingerprint density at radius 3 is 1.25 bits per heavy atom. The van der Waals surface area contributed by atoms with Crippen molar-refractivity contribution in [1.82, 2.24) is 0 Å². The highest BCUT2D eigenvalue weighted by atomic mass is 15.1. The van der Waals surface area contributed by atoms with Gasteiger partial charge < -0.3 is 9.80 Å². The molecule has 0 fully saturated rings. The Kier molecular flexibility index (Phi) is 14.5. The van der Waals surface area contributed by atoms with E-state index in [0.29, 0.717) is 0 Å². The maximum absolute atomic E-state index is 2.32. The van der Waals surface area contributed by atoms with E-state index in [9.17, 15) is 0 Å².